The van der Waals surface area contributed by atoms with Crippen LogP contribution in [0.4, 0.5) is 0 Å². The third-order valence-corrected chi connectivity index (χ3v) is 3.74. The van der Waals surface area contributed by atoms with E-state index >= 15 is 0 Å². The number of hydrogen-bond acceptors (Lipinski definition) is 4. The Bertz CT molecular complexity index is 617. The van der Waals surface area contributed by atoms with Crippen LogP contribution in [-0.4, -0.2) is 31.6 Å². The summed E-state index contributed by atoms with van der Waals surface area (Å²) in [5, 5.41) is 17.3. The van der Waals surface area contributed by atoms with Crippen LogP contribution < -0.4 is 0 Å². The summed E-state index contributed by atoms with van der Waals surface area (Å²) in [5.74, 6) is -0.898. The van der Waals surface area contributed by atoms with E-state index in [0.29, 0.717) is 5.16 Å². The molecule has 1 heterocycles. The molecule has 0 atom stereocenters. The number of benzene rings is 1. The molecule has 0 bridgehead atoms. The molecular weight excluding hydrogens is 274 g/mol. The lowest BCUT2D eigenvalue weighted by Crippen LogP contribution is -2.15. The molecule has 20 heavy (non-hydrogen) atoms. The summed E-state index contributed by atoms with van der Waals surface area (Å²) in [7, 11) is 0. The Labute approximate surface area is 122 Å². The largest absolute Gasteiger partial charge is 0.481 e. The molecule has 1 aromatic heterocycles. The van der Waals surface area contributed by atoms with E-state index in [4.69, 9.17) is 5.11 Å². The van der Waals surface area contributed by atoms with Gasteiger partial charge in [0.2, 0.25) is 0 Å². The molecule has 0 saturated heterocycles. The topological polar surface area (TPSA) is 68.0 Å². The second kappa shape index (κ2) is 5.66. The number of aliphatic carboxylic acids is 1. The maximum Gasteiger partial charge on any atom is 0.313 e. The maximum atomic E-state index is 10.7. The van der Waals surface area contributed by atoms with Crippen molar-refractivity contribution in [3.63, 3.8) is 0 Å². The zero-order valence-corrected chi connectivity index (χ0v) is 12.5. The van der Waals surface area contributed by atoms with E-state index in [-0.39, 0.29) is 11.2 Å². The van der Waals surface area contributed by atoms with E-state index in [9.17, 15) is 4.79 Å². The Morgan fingerprint density at radius 2 is 2.05 bits per heavy atom. The second-order valence-corrected chi connectivity index (χ2v) is 6.38. The molecule has 106 valence electrons. The summed E-state index contributed by atoms with van der Waals surface area (Å²) >= 11 is 1.17. The predicted octanol–water partition coefficient (Wildman–Crippen LogP) is 2.74. The van der Waals surface area contributed by atoms with Crippen molar-refractivity contribution >= 4 is 17.7 Å². The molecular formula is C14H17N3O2S. The first-order valence-electron chi connectivity index (χ1n) is 6.24. The van der Waals surface area contributed by atoms with Gasteiger partial charge < -0.3 is 5.11 Å². The van der Waals surface area contributed by atoms with Gasteiger partial charge in [-0.1, -0.05) is 50.7 Å². The molecule has 0 spiro atoms. The van der Waals surface area contributed by atoms with Crippen LogP contribution in [0.25, 0.3) is 5.69 Å². The quantitative estimate of drug-likeness (QED) is 0.877. The summed E-state index contributed by atoms with van der Waals surface area (Å²) in [6.45, 7) is 6.42. The zero-order valence-electron chi connectivity index (χ0n) is 11.7. The van der Waals surface area contributed by atoms with Crippen molar-refractivity contribution in [1.82, 2.24) is 14.8 Å². The van der Waals surface area contributed by atoms with Gasteiger partial charge in [-0.15, -0.1) is 10.2 Å². The first-order valence-corrected chi connectivity index (χ1v) is 7.22. The summed E-state index contributed by atoms with van der Waals surface area (Å²) in [4.78, 5) is 10.7. The molecule has 1 aromatic carbocycles. The molecule has 0 unspecified atom stereocenters. The number of hydrogen-bond donors (Lipinski definition) is 1. The van der Waals surface area contributed by atoms with E-state index < -0.39 is 5.97 Å². The highest BCUT2D eigenvalue weighted by molar-refractivity contribution is 7.99. The van der Waals surface area contributed by atoms with Crippen LogP contribution in [0.3, 0.4) is 0 Å². The molecule has 2 aromatic rings. The molecule has 0 radical (unpaired) electrons. The van der Waals surface area contributed by atoms with E-state index in [0.717, 1.165) is 11.3 Å². The molecule has 5 nitrogen and oxygen atoms in total. The lowest BCUT2D eigenvalue weighted by Gasteiger charge is -2.23. The van der Waals surface area contributed by atoms with Gasteiger partial charge in [-0.25, -0.2) is 0 Å². The Morgan fingerprint density at radius 1 is 1.35 bits per heavy atom. The van der Waals surface area contributed by atoms with Gasteiger partial charge in [0.15, 0.2) is 5.16 Å². The number of carbonyl (C=O) groups is 1. The van der Waals surface area contributed by atoms with Gasteiger partial charge in [0.1, 0.15) is 6.33 Å². The number of rotatable bonds is 4. The maximum absolute atomic E-state index is 10.7. The molecule has 6 heteroatoms. The molecule has 2 rings (SSSR count). The smallest absolute Gasteiger partial charge is 0.313 e. The average molecular weight is 291 g/mol. The summed E-state index contributed by atoms with van der Waals surface area (Å²) in [6.07, 6.45) is 1.62. The monoisotopic (exact) mass is 291 g/mol. The van der Waals surface area contributed by atoms with Crippen LogP contribution in [0.5, 0.6) is 0 Å². The van der Waals surface area contributed by atoms with Crippen molar-refractivity contribution in [2.24, 2.45) is 0 Å². The number of carboxylic acid groups (broad SMARTS) is 1. The van der Waals surface area contributed by atoms with Crippen molar-refractivity contribution in [3.8, 4) is 5.69 Å². The van der Waals surface area contributed by atoms with Crippen LogP contribution in [0.1, 0.15) is 26.3 Å². The first kappa shape index (κ1) is 14.6. The van der Waals surface area contributed by atoms with Gasteiger partial charge in [0, 0.05) is 0 Å². The fraction of sp³-hybridized carbons (Fsp3) is 0.357. The summed E-state index contributed by atoms with van der Waals surface area (Å²) in [6, 6.07) is 8.02. The first-order chi connectivity index (χ1) is 9.39. The number of para-hydroxylation sites is 1. The molecule has 0 amide bonds. The van der Waals surface area contributed by atoms with Gasteiger partial charge in [-0.2, -0.15) is 0 Å². The number of carboxylic acids is 1. The summed E-state index contributed by atoms with van der Waals surface area (Å²) < 4.78 is 1.84. The fourth-order valence-corrected chi connectivity index (χ4v) is 2.57. The van der Waals surface area contributed by atoms with E-state index in [1.807, 2.05) is 22.8 Å². The standard InChI is InChI=1S/C14H17N3O2S/c1-14(2,3)10-6-4-5-7-11(10)17-9-15-16-13(17)20-8-12(18)19/h4-7,9H,8H2,1-3H3,(H,18,19). The van der Waals surface area contributed by atoms with E-state index in [1.165, 1.54) is 11.8 Å². The summed E-state index contributed by atoms with van der Waals surface area (Å²) in [5.41, 5.74) is 2.13. The third-order valence-electron chi connectivity index (χ3n) is 2.81. The molecule has 0 aliphatic rings. The Balaban J connectivity index is 2.43. The van der Waals surface area contributed by atoms with Gasteiger partial charge in [-0.05, 0) is 17.0 Å². The molecule has 1 N–H and O–H groups in total. The highest BCUT2D eigenvalue weighted by Crippen LogP contribution is 2.30. The van der Waals surface area contributed by atoms with Crippen molar-refractivity contribution in [2.45, 2.75) is 31.3 Å². The van der Waals surface area contributed by atoms with Crippen molar-refractivity contribution in [3.05, 3.63) is 36.2 Å². The van der Waals surface area contributed by atoms with Crippen molar-refractivity contribution in [1.29, 1.82) is 0 Å². The SMILES string of the molecule is CC(C)(C)c1ccccc1-n1cnnc1SCC(=O)O. The molecule has 0 saturated carbocycles. The van der Waals surface area contributed by atoms with Crippen LogP contribution in [0.15, 0.2) is 35.7 Å². The zero-order chi connectivity index (χ0) is 14.8. The van der Waals surface area contributed by atoms with Crippen LogP contribution >= 0.6 is 11.8 Å². The van der Waals surface area contributed by atoms with E-state index in [1.54, 1.807) is 6.33 Å². The molecule has 0 aliphatic heterocycles. The highest BCUT2D eigenvalue weighted by atomic mass is 32.2. The molecule has 0 aliphatic carbocycles. The van der Waals surface area contributed by atoms with Gasteiger partial charge in [0.25, 0.3) is 0 Å². The lowest BCUT2D eigenvalue weighted by atomic mass is 9.86. The number of aromatic nitrogens is 3. The number of nitrogens with zero attached hydrogens (tertiary/aromatic N) is 3. The molecule has 0 fully saturated rings. The Kier molecular flexibility index (Phi) is 4.13. The fourth-order valence-electron chi connectivity index (χ4n) is 1.93. The normalized spacial score (nSPS) is 11.6. The minimum absolute atomic E-state index is 0.0183. The van der Waals surface area contributed by atoms with Crippen LogP contribution in [0, 0.1) is 0 Å². The van der Waals surface area contributed by atoms with Crippen molar-refractivity contribution in [2.75, 3.05) is 5.75 Å². The average Bonchev–Trinajstić information content (AvgIpc) is 2.83. The Hall–Kier alpha value is -1.82. The van der Waals surface area contributed by atoms with Crippen LogP contribution in [-0.2, 0) is 10.2 Å². The van der Waals surface area contributed by atoms with Gasteiger partial charge in [-0.3, -0.25) is 9.36 Å². The van der Waals surface area contributed by atoms with E-state index in [2.05, 4.69) is 37.0 Å². The van der Waals surface area contributed by atoms with Gasteiger partial charge >= 0.3 is 5.97 Å². The lowest BCUT2D eigenvalue weighted by molar-refractivity contribution is -0.133. The second-order valence-electron chi connectivity index (χ2n) is 5.43. The minimum atomic E-state index is -0.867. The van der Waals surface area contributed by atoms with Crippen molar-refractivity contribution < 1.29 is 9.90 Å². The third kappa shape index (κ3) is 3.19. The minimum Gasteiger partial charge on any atom is -0.481 e. The number of thioether (sulfide) groups is 1. The van der Waals surface area contributed by atoms with Gasteiger partial charge in [0.05, 0.1) is 11.4 Å². The predicted molar refractivity (Wildman–Crippen MR) is 78.4 cm³/mol. The van der Waals surface area contributed by atoms with Crippen LogP contribution in [0.2, 0.25) is 0 Å². The Morgan fingerprint density at radius 3 is 2.70 bits per heavy atom. The highest BCUT2D eigenvalue weighted by Gasteiger charge is 2.20.